The number of hydrogen-bond donors (Lipinski definition) is 3. The van der Waals surface area contributed by atoms with E-state index in [4.69, 9.17) is 5.73 Å². The Morgan fingerprint density at radius 3 is 2.68 bits per heavy atom. The fourth-order valence-corrected chi connectivity index (χ4v) is 1.67. The van der Waals surface area contributed by atoms with E-state index in [1.165, 1.54) is 0 Å². The number of nitrogens with two attached hydrogens (primary N) is 1. The van der Waals surface area contributed by atoms with Gasteiger partial charge in [-0.15, -0.1) is 13.2 Å². The molecule has 0 spiro atoms. The quantitative estimate of drug-likeness (QED) is 0.419. The minimum atomic E-state index is -4.85. The smallest absolute Gasteiger partial charge is 0.506 e. The van der Waals surface area contributed by atoms with Crippen LogP contribution < -0.4 is 15.9 Å². The summed E-state index contributed by atoms with van der Waals surface area (Å²) in [4.78, 5) is 10.4. The van der Waals surface area contributed by atoms with Crippen molar-refractivity contribution >= 4 is 34.8 Å². The number of phenolic OH excluding ortho intramolecular Hbond substituents is 1. The maximum atomic E-state index is 12.1. The summed E-state index contributed by atoms with van der Waals surface area (Å²) in [7, 11) is 0. The monoisotopic (exact) mass is 389 g/mol. The third-order valence-corrected chi connectivity index (χ3v) is 2.50. The predicted octanol–water partition coefficient (Wildman–Crippen LogP) is 1.90. The number of carbonyl (C=O) groups excluding carboxylic acids is 1. The summed E-state index contributed by atoms with van der Waals surface area (Å²) in [6.07, 6.45) is -3.91. The number of amides is 2. The van der Waals surface area contributed by atoms with Crippen molar-refractivity contribution in [2.45, 2.75) is 6.36 Å². The van der Waals surface area contributed by atoms with Crippen molar-refractivity contribution in [3.63, 3.8) is 0 Å². The number of rotatable bonds is 3. The molecule has 1 aromatic rings. The van der Waals surface area contributed by atoms with Crippen LogP contribution in [0.5, 0.6) is 11.5 Å². The Hall–Kier alpha value is -1.72. The van der Waals surface area contributed by atoms with E-state index in [2.05, 4.69) is 9.84 Å². The van der Waals surface area contributed by atoms with Gasteiger partial charge in [0, 0.05) is 5.56 Å². The van der Waals surface area contributed by atoms with Crippen LogP contribution in [-0.2, 0) is 0 Å². The van der Waals surface area contributed by atoms with Gasteiger partial charge in [-0.1, -0.05) is 0 Å². The second kappa shape index (κ2) is 5.95. The number of aromatic hydroxyl groups is 1. The summed E-state index contributed by atoms with van der Waals surface area (Å²) in [5.74, 6) is -0.819. The Kier molecular flexibility index (Phi) is 4.80. The van der Waals surface area contributed by atoms with Crippen LogP contribution in [-0.4, -0.2) is 23.7 Å². The lowest BCUT2D eigenvalue weighted by atomic mass is 10.2. The van der Waals surface area contributed by atoms with E-state index in [0.717, 1.165) is 18.3 Å². The van der Waals surface area contributed by atoms with E-state index in [-0.39, 0.29) is 14.9 Å². The van der Waals surface area contributed by atoms with Gasteiger partial charge in [-0.3, -0.25) is 0 Å². The highest BCUT2D eigenvalue weighted by atomic mass is 127. The standard InChI is InChI=1S/C9H7F3IN3O3/c10-9(11,12)19-5-1-4(3-15-16-8(14)18)7(17)6(13)2-5/h1-3,17H,(H3,14,16,18). The highest BCUT2D eigenvalue weighted by Crippen LogP contribution is 2.31. The lowest BCUT2D eigenvalue weighted by Crippen LogP contribution is -2.24. The Morgan fingerprint density at radius 2 is 2.16 bits per heavy atom. The van der Waals surface area contributed by atoms with Gasteiger partial charge >= 0.3 is 12.4 Å². The number of hydrogen-bond acceptors (Lipinski definition) is 4. The molecule has 0 aliphatic rings. The largest absolute Gasteiger partial charge is 0.573 e. The number of phenols is 1. The Morgan fingerprint density at radius 1 is 1.53 bits per heavy atom. The maximum absolute atomic E-state index is 12.1. The lowest BCUT2D eigenvalue weighted by Gasteiger charge is -2.11. The van der Waals surface area contributed by atoms with Crippen molar-refractivity contribution in [1.29, 1.82) is 0 Å². The molecule has 0 radical (unpaired) electrons. The molecule has 0 heterocycles. The molecule has 0 unspecified atom stereocenters. The van der Waals surface area contributed by atoms with Crippen molar-refractivity contribution in [1.82, 2.24) is 5.43 Å². The molecular formula is C9H7F3IN3O3. The van der Waals surface area contributed by atoms with Gasteiger partial charge in [-0.2, -0.15) is 5.10 Å². The summed E-state index contributed by atoms with van der Waals surface area (Å²) in [6.45, 7) is 0. The molecule has 1 rings (SSSR count). The molecule has 19 heavy (non-hydrogen) atoms. The van der Waals surface area contributed by atoms with Gasteiger partial charge < -0.3 is 15.6 Å². The molecule has 0 aromatic heterocycles. The van der Waals surface area contributed by atoms with Crippen LogP contribution >= 0.6 is 22.6 Å². The van der Waals surface area contributed by atoms with Crippen LogP contribution in [0.15, 0.2) is 17.2 Å². The minimum Gasteiger partial charge on any atom is -0.506 e. The van der Waals surface area contributed by atoms with Gasteiger partial charge in [0.2, 0.25) is 0 Å². The van der Waals surface area contributed by atoms with E-state index >= 15 is 0 Å². The minimum absolute atomic E-state index is 0.0695. The average Bonchev–Trinajstić information content (AvgIpc) is 2.22. The molecule has 104 valence electrons. The zero-order valence-corrected chi connectivity index (χ0v) is 11.2. The zero-order valence-electron chi connectivity index (χ0n) is 9.03. The summed E-state index contributed by atoms with van der Waals surface area (Å²) in [6, 6.07) is 0.965. The highest BCUT2D eigenvalue weighted by molar-refractivity contribution is 14.1. The lowest BCUT2D eigenvalue weighted by molar-refractivity contribution is -0.274. The molecule has 0 aliphatic carbocycles. The fraction of sp³-hybridized carbons (Fsp3) is 0.111. The first-order valence-electron chi connectivity index (χ1n) is 4.56. The van der Waals surface area contributed by atoms with E-state index < -0.39 is 18.1 Å². The van der Waals surface area contributed by atoms with E-state index in [1.807, 2.05) is 5.43 Å². The van der Waals surface area contributed by atoms with Crippen molar-refractivity contribution in [2.75, 3.05) is 0 Å². The predicted molar refractivity (Wildman–Crippen MR) is 67.8 cm³/mol. The second-order valence-corrected chi connectivity index (χ2v) is 4.29. The average molecular weight is 389 g/mol. The highest BCUT2D eigenvalue weighted by Gasteiger charge is 2.31. The van der Waals surface area contributed by atoms with Crippen LogP contribution in [0.25, 0.3) is 0 Å². The van der Waals surface area contributed by atoms with Crippen LogP contribution in [0.3, 0.4) is 0 Å². The Bertz CT molecular complexity index is 519. The van der Waals surface area contributed by atoms with Gasteiger partial charge in [-0.05, 0) is 34.7 Å². The molecule has 0 atom stereocenters. The summed E-state index contributed by atoms with van der Waals surface area (Å²) in [5.41, 5.74) is 6.51. The third-order valence-electron chi connectivity index (χ3n) is 1.68. The SMILES string of the molecule is NC(=O)NN=Cc1cc(OC(F)(F)F)cc(I)c1O. The molecule has 1 aromatic carbocycles. The van der Waals surface area contributed by atoms with Crippen molar-refractivity contribution < 1.29 is 27.8 Å². The molecule has 0 fully saturated rings. The molecular weight excluding hydrogens is 382 g/mol. The fourth-order valence-electron chi connectivity index (χ4n) is 1.05. The summed E-state index contributed by atoms with van der Waals surface area (Å²) >= 11 is 1.62. The van der Waals surface area contributed by atoms with Crippen LogP contribution in [0.1, 0.15) is 5.56 Å². The molecule has 6 nitrogen and oxygen atoms in total. The normalized spacial score (nSPS) is 11.6. The van der Waals surface area contributed by atoms with Crippen molar-refractivity contribution in [2.24, 2.45) is 10.8 Å². The summed E-state index contributed by atoms with van der Waals surface area (Å²) in [5, 5.41) is 12.9. The molecule has 10 heteroatoms. The number of carbonyl (C=O) groups is 1. The number of alkyl halides is 3. The van der Waals surface area contributed by atoms with Gasteiger partial charge in [0.15, 0.2) is 0 Å². The number of ether oxygens (including phenoxy) is 1. The molecule has 0 bridgehead atoms. The first kappa shape index (κ1) is 15.3. The molecule has 0 saturated carbocycles. The number of nitrogens with one attached hydrogen (secondary N) is 1. The van der Waals surface area contributed by atoms with Crippen LogP contribution in [0, 0.1) is 3.57 Å². The van der Waals surface area contributed by atoms with Crippen LogP contribution in [0.2, 0.25) is 0 Å². The number of halogens is 4. The third kappa shape index (κ3) is 5.19. The topological polar surface area (TPSA) is 96.9 Å². The van der Waals surface area contributed by atoms with Gasteiger partial charge in [-0.25, -0.2) is 10.2 Å². The van der Waals surface area contributed by atoms with Crippen LogP contribution in [0.4, 0.5) is 18.0 Å². The number of urea groups is 1. The zero-order chi connectivity index (χ0) is 14.6. The first-order chi connectivity index (χ1) is 8.69. The van der Waals surface area contributed by atoms with Crippen molar-refractivity contribution in [3.05, 3.63) is 21.3 Å². The first-order valence-corrected chi connectivity index (χ1v) is 5.63. The van der Waals surface area contributed by atoms with Gasteiger partial charge in [0.1, 0.15) is 11.5 Å². The number of nitrogens with zero attached hydrogens (tertiary/aromatic N) is 1. The Balaban J connectivity index is 3.03. The molecule has 4 N–H and O–H groups in total. The second-order valence-electron chi connectivity index (χ2n) is 3.12. The van der Waals surface area contributed by atoms with E-state index in [9.17, 15) is 23.1 Å². The van der Waals surface area contributed by atoms with E-state index in [1.54, 1.807) is 22.6 Å². The van der Waals surface area contributed by atoms with Gasteiger partial charge in [0.05, 0.1) is 9.78 Å². The van der Waals surface area contributed by atoms with E-state index in [0.29, 0.717) is 0 Å². The molecule has 0 aliphatic heterocycles. The molecule has 0 saturated heterocycles. The number of benzene rings is 1. The molecule has 2 amide bonds. The van der Waals surface area contributed by atoms with Gasteiger partial charge in [0.25, 0.3) is 0 Å². The van der Waals surface area contributed by atoms with Crippen molar-refractivity contribution in [3.8, 4) is 11.5 Å². The summed E-state index contributed by atoms with van der Waals surface area (Å²) < 4.78 is 40.0. The number of primary amides is 1. The Labute approximate surface area is 118 Å². The maximum Gasteiger partial charge on any atom is 0.573 e. The number of hydrazone groups is 1.